The minimum absolute atomic E-state index is 0.305. The first-order valence-electron chi connectivity index (χ1n) is 14.4. The van der Waals surface area contributed by atoms with Crippen molar-refractivity contribution in [1.29, 1.82) is 0 Å². The Bertz CT molecular complexity index is 1700. The molecule has 2 heterocycles. The number of carbonyl (C=O) groups excluding carboxylic acids is 1. The Morgan fingerprint density at radius 2 is 1.73 bits per heavy atom. The van der Waals surface area contributed by atoms with Crippen molar-refractivity contribution in [2.45, 2.75) is 33.2 Å². The summed E-state index contributed by atoms with van der Waals surface area (Å²) in [5, 5.41) is 3.31. The van der Waals surface area contributed by atoms with Gasteiger partial charge < -0.3 is 23.5 Å². The number of hydrogen-bond donors (Lipinski definition) is 0. The molecule has 41 heavy (non-hydrogen) atoms. The zero-order valence-corrected chi connectivity index (χ0v) is 23.7. The van der Waals surface area contributed by atoms with Crippen LogP contribution in [0.15, 0.2) is 78.9 Å². The van der Waals surface area contributed by atoms with Gasteiger partial charge in [0.15, 0.2) is 0 Å². The van der Waals surface area contributed by atoms with Gasteiger partial charge in [0.25, 0.3) is 0 Å². The van der Waals surface area contributed by atoms with Crippen LogP contribution >= 0.6 is 0 Å². The Hall–Kier alpha value is -4.29. The van der Waals surface area contributed by atoms with Crippen LogP contribution in [0.25, 0.3) is 32.8 Å². The lowest BCUT2D eigenvalue weighted by Crippen LogP contribution is -2.18. The molecule has 0 radical (unpaired) electrons. The molecule has 0 unspecified atom stereocenters. The number of hydrogen-bond acceptors (Lipinski definition) is 5. The number of para-hydroxylation sites is 1. The van der Waals surface area contributed by atoms with Crippen LogP contribution < -0.4 is 9.47 Å². The highest BCUT2D eigenvalue weighted by molar-refractivity contribution is 6.04. The van der Waals surface area contributed by atoms with Crippen LogP contribution in [0.4, 0.5) is 0 Å². The molecule has 1 aliphatic heterocycles. The van der Waals surface area contributed by atoms with E-state index in [4.69, 9.17) is 18.9 Å². The van der Waals surface area contributed by atoms with Crippen LogP contribution in [0.2, 0.25) is 0 Å². The molecule has 5 aromatic rings. The second-order valence-electron chi connectivity index (χ2n) is 10.3. The summed E-state index contributed by atoms with van der Waals surface area (Å²) in [6.07, 6.45) is 1.42. The number of carbonyl (C=O) groups is 1. The molecular formula is C35H35NO5. The summed E-state index contributed by atoms with van der Waals surface area (Å²) >= 11 is 0. The number of aryl methyl sites for hydroxylation is 2. The molecule has 0 atom stereocenters. The Labute approximate surface area is 240 Å². The van der Waals surface area contributed by atoms with Gasteiger partial charge >= 0.3 is 5.97 Å². The van der Waals surface area contributed by atoms with E-state index in [0.717, 1.165) is 61.8 Å². The van der Waals surface area contributed by atoms with E-state index in [1.54, 1.807) is 0 Å². The molecule has 0 N–H and O–H groups in total. The maximum absolute atomic E-state index is 13.5. The quantitative estimate of drug-likeness (QED) is 0.157. The summed E-state index contributed by atoms with van der Waals surface area (Å²) in [5.41, 5.74) is 5.91. The largest absolute Gasteiger partial charge is 0.493 e. The van der Waals surface area contributed by atoms with Crippen molar-refractivity contribution in [2.24, 2.45) is 0 Å². The predicted octanol–water partition coefficient (Wildman–Crippen LogP) is 7.37. The third kappa shape index (κ3) is 5.40. The maximum Gasteiger partial charge on any atom is 0.355 e. The number of fused-ring (bicyclic) bond motifs is 4. The number of rotatable bonds is 7. The lowest BCUT2D eigenvalue weighted by atomic mass is 9.96. The first kappa shape index (κ1) is 26.9. The number of benzene rings is 4. The zero-order valence-electron chi connectivity index (χ0n) is 23.7. The topological polar surface area (TPSA) is 58.9 Å². The van der Waals surface area contributed by atoms with E-state index in [1.165, 1.54) is 0 Å². The lowest BCUT2D eigenvalue weighted by Gasteiger charge is -2.17. The van der Waals surface area contributed by atoms with Gasteiger partial charge in [0.1, 0.15) is 23.8 Å². The minimum Gasteiger partial charge on any atom is -0.493 e. The van der Waals surface area contributed by atoms with Gasteiger partial charge in [-0.1, -0.05) is 60.7 Å². The van der Waals surface area contributed by atoms with Gasteiger partial charge in [-0.2, -0.15) is 0 Å². The van der Waals surface area contributed by atoms with Crippen molar-refractivity contribution in [2.75, 3.05) is 33.0 Å². The van der Waals surface area contributed by atoms with Gasteiger partial charge in [0, 0.05) is 22.9 Å². The number of esters is 1. The van der Waals surface area contributed by atoms with Crippen LogP contribution in [0.1, 0.15) is 35.0 Å². The Morgan fingerprint density at radius 1 is 0.902 bits per heavy atom. The molecule has 6 nitrogen and oxygen atoms in total. The lowest BCUT2D eigenvalue weighted by molar-refractivity contribution is 0.0507. The van der Waals surface area contributed by atoms with E-state index >= 15 is 0 Å². The molecule has 1 aliphatic rings. The predicted molar refractivity (Wildman–Crippen MR) is 162 cm³/mol. The molecule has 0 saturated heterocycles. The fraction of sp³-hybridized carbons (Fsp3) is 0.286. The number of ether oxygens (including phenoxy) is 4. The van der Waals surface area contributed by atoms with Gasteiger partial charge in [-0.25, -0.2) is 4.79 Å². The first-order chi connectivity index (χ1) is 20.2. The Kier molecular flexibility index (Phi) is 7.92. The van der Waals surface area contributed by atoms with Crippen molar-refractivity contribution >= 4 is 27.6 Å². The fourth-order valence-electron chi connectivity index (χ4n) is 5.82. The van der Waals surface area contributed by atoms with Crippen LogP contribution in [0.5, 0.6) is 11.5 Å². The first-order valence-corrected chi connectivity index (χ1v) is 14.4. The third-order valence-corrected chi connectivity index (χ3v) is 7.69. The highest BCUT2D eigenvalue weighted by atomic mass is 16.5. The van der Waals surface area contributed by atoms with Crippen LogP contribution in [0.3, 0.4) is 0 Å². The minimum atomic E-state index is -0.305. The summed E-state index contributed by atoms with van der Waals surface area (Å²) in [5.74, 6) is 1.38. The molecule has 0 amide bonds. The smallest absolute Gasteiger partial charge is 0.355 e. The van der Waals surface area contributed by atoms with Crippen LogP contribution in [-0.4, -0.2) is 43.6 Å². The van der Waals surface area contributed by atoms with Crippen LogP contribution in [0, 0.1) is 6.92 Å². The van der Waals surface area contributed by atoms with E-state index in [2.05, 4.69) is 60.0 Å². The molecule has 1 aromatic heterocycles. The SMILES string of the molecule is CCOC(=O)c1c(CCCOc2cccc3ccccc23)c2cccc3c2n1CCOCCOc1ccc(C)c-3c1. The second-order valence-corrected chi connectivity index (χ2v) is 10.3. The van der Waals surface area contributed by atoms with Gasteiger partial charge in [-0.05, 0) is 67.0 Å². The van der Waals surface area contributed by atoms with Gasteiger partial charge in [-0.15, -0.1) is 0 Å². The normalized spacial score (nSPS) is 13.3. The molecule has 2 bridgehead atoms. The molecule has 0 aliphatic carbocycles. The monoisotopic (exact) mass is 549 g/mol. The summed E-state index contributed by atoms with van der Waals surface area (Å²) in [7, 11) is 0. The average molecular weight is 550 g/mol. The third-order valence-electron chi connectivity index (χ3n) is 7.69. The molecule has 6 heteroatoms. The molecule has 0 spiro atoms. The van der Waals surface area contributed by atoms with E-state index < -0.39 is 0 Å². The summed E-state index contributed by atoms with van der Waals surface area (Å²) in [4.78, 5) is 13.5. The number of nitrogens with zero attached hydrogens (tertiary/aromatic N) is 1. The van der Waals surface area contributed by atoms with E-state index in [-0.39, 0.29) is 5.97 Å². The van der Waals surface area contributed by atoms with Gasteiger partial charge in [0.2, 0.25) is 0 Å². The van der Waals surface area contributed by atoms with Crippen molar-refractivity contribution < 1.29 is 23.7 Å². The van der Waals surface area contributed by atoms with Crippen molar-refractivity contribution in [1.82, 2.24) is 4.57 Å². The summed E-state index contributed by atoms with van der Waals surface area (Å²) in [6.45, 7) is 6.74. The van der Waals surface area contributed by atoms with Crippen molar-refractivity contribution in [3.8, 4) is 22.6 Å². The van der Waals surface area contributed by atoms with Gasteiger partial charge in [0.05, 0.1) is 31.9 Å². The van der Waals surface area contributed by atoms with Crippen LogP contribution in [-0.2, 0) is 22.4 Å². The molecule has 6 rings (SSSR count). The molecule has 0 saturated carbocycles. The molecule has 210 valence electrons. The Balaban J connectivity index is 1.40. The van der Waals surface area contributed by atoms with E-state index in [0.29, 0.717) is 51.7 Å². The average Bonchev–Trinajstić information content (AvgIpc) is 3.31. The van der Waals surface area contributed by atoms with E-state index in [1.807, 2.05) is 37.3 Å². The Morgan fingerprint density at radius 3 is 2.63 bits per heavy atom. The number of aromatic nitrogens is 1. The highest BCUT2D eigenvalue weighted by Gasteiger charge is 2.26. The van der Waals surface area contributed by atoms with Gasteiger partial charge in [-0.3, -0.25) is 0 Å². The van der Waals surface area contributed by atoms with E-state index in [9.17, 15) is 4.79 Å². The van der Waals surface area contributed by atoms with Crippen molar-refractivity contribution in [3.63, 3.8) is 0 Å². The highest BCUT2D eigenvalue weighted by Crippen LogP contribution is 2.38. The maximum atomic E-state index is 13.5. The van der Waals surface area contributed by atoms with Crippen molar-refractivity contribution in [3.05, 3.63) is 95.7 Å². The second kappa shape index (κ2) is 12.1. The summed E-state index contributed by atoms with van der Waals surface area (Å²) < 4.78 is 25.9. The molecule has 4 aromatic carbocycles. The summed E-state index contributed by atoms with van der Waals surface area (Å²) in [6, 6.07) is 26.8. The fourth-order valence-corrected chi connectivity index (χ4v) is 5.82. The standard InChI is InChI=1S/C35H35NO5/c1-3-39-35(37)34-29(14-8-19-41-32-15-6-10-25-9-4-5-11-27(25)32)28-12-7-13-30-31-23-26(17-16-24(31)2)40-22-21-38-20-18-36(34)33(28)30/h4-7,9-13,15-17,23H,3,8,14,18-22H2,1-2H3. The molecular weight excluding hydrogens is 514 g/mol. The molecule has 0 fully saturated rings. The zero-order chi connectivity index (χ0) is 28.2.